The van der Waals surface area contributed by atoms with Gasteiger partial charge < -0.3 is 15.3 Å². The van der Waals surface area contributed by atoms with Crippen molar-refractivity contribution in [1.82, 2.24) is 25.5 Å². The first kappa shape index (κ1) is 15.3. The van der Waals surface area contributed by atoms with Gasteiger partial charge in [0.2, 0.25) is 11.9 Å². The maximum Gasteiger partial charge on any atom is 0.267 e. The molecule has 1 aliphatic rings. The fourth-order valence-electron chi connectivity index (χ4n) is 2.85. The van der Waals surface area contributed by atoms with E-state index in [1.165, 1.54) is 0 Å². The number of hydrogen-bond donors (Lipinski definition) is 3. The van der Waals surface area contributed by atoms with Gasteiger partial charge in [0.05, 0.1) is 6.42 Å². The lowest BCUT2D eigenvalue weighted by atomic mass is 10.1. The van der Waals surface area contributed by atoms with Gasteiger partial charge in [0.15, 0.2) is 0 Å². The molecule has 1 atom stereocenters. The van der Waals surface area contributed by atoms with Crippen LogP contribution in [0.1, 0.15) is 24.1 Å². The summed E-state index contributed by atoms with van der Waals surface area (Å²) in [5, 5.41) is 8.23. The van der Waals surface area contributed by atoms with Gasteiger partial charge in [0.1, 0.15) is 0 Å². The second kappa shape index (κ2) is 6.64. The lowest BCUT2D eigenvalue weighted by Gasteiger charge is -2.33. The predicted octanol–water partition coefficient (Wildman–Crippen LogP) is 0.129. The van der Waals surface area contributed by atoms with Crippen LogP contribution in [0.15, 0.2) is 23.3 Å². The third-order valence-electron chi connectivity index (χ3n) is 4.05. The number of nitrogens with zero attached hydrogens (tertiary/aromatic N) is 3. The number of H-pyrrole nitrogens is 2. The number of anilines is 1. The number of aromatic nitrogens is 4. The van der Waals surface area contributed by atoms with Crippen LogP contribution < -0.4 is 15.8 Å². The van der Waals surface area contributed by atoms with E-state index in [4.69, 9.17) is 0 Å². The normalized spacial score (nSPS) is 18.0. The summed E-state index contributed by atoms with van der Waals surface area (Å²) in [6.07, 6.45) is 5.39. The molecule has 0 saturated carbocycles. The molecule has 2 aromatic rings. The molecule has 0 bridgehead atoms. The van der Waals surface area contributed by atoms with E-state index < -0.39 is 0 Å². The SMILES string of the molecule is Cc1[nH][nH]c(=O)c1CC(=O)NC1CCCN(c2ncccn2)C1. The highest BCUT2D eigenvalue weighted by Crippen LogP contribution is 2.15. The van der Waals surface area contributed by atoms with Gasteiger partial charge in [-0.2, -0.15) is 0 Å². The summed E-state index contributed by atoms with van der Waals surface area (Å²) in [4.78, 5) is 34.4. The van der Waals surface area contributed by atoms with Crippen molar-refractivity contribution in [3.63, 3.8) is 0 Å². The van der Waals surface area contributed by atoms with Crippen LogP contribution in [-0.2, 0) is 11.2 Å². The highest BCUT2D eigenvalue weighted by molar-refractivity contribution is 5.79. The fourth-order valence-corrected chi connectivity index (χ4v) is 2.85. The van der Waals surface area contributed by atoms with E-state index in [0.717, 1.165) is 19.4 Å². The van der Waals surface area contributed by atoms with E-state index in [-0.39, 0.29) is 23.9 Å². The molecular weight excluding hydrogens is 296 g/mol. The summed E-state index contributed by atoms with van der Waals surface area (Å²) >= 11 is 0. The molecule has 23 heavy (non-hydrogen) atoms. The molecule has 1 amide bonds. The van der Waals surface area contributed by atoms with Gasteiger partial charge in [0.25, 0.3) is 5.56 Å². The zero-order valence-electron chi connectivity index (χ0n) is 13.0. The molecule has 0 aromatic carbocycles. The summed E-state index contributed by atoms with van der Waals surface area (Å²) in [6, 6.07) is 1.82. The maximum absolute atomic E-state index is 12.2. The Morgan fingerprint density at radius 3 is 2.87 bits per heavy atom. The van der Waals surface area contributed by atoms with Gasteiger partial charge in [-0.1, -0.05) is 0 Å². The Labute approximate surface area is 133 Å². The fraction of sp³-hybridized carbons (Fsp3) is 0.467. The van der Waals surface area contributed by atoms with Crippen molar-refractivity contribution < 1.29 is 4.79 Å². The van der Waals surface area contributed by atoms with Crippen molar-refractivity contribution >= 4 is 11.9 Å². The Morgan fingerprint density at radius 1 is 1.39 bits per heavy atom. The molecule has 8 nitrogen and oxygen atoms in total. The number of aryl methyl sites for hydroxylation is 1. The molecular formula is C15H20N6O2. The summed E-state index contributed by atoms with van der Waals surface area (Å²) in [5.41, 5.74) is 0.954. The molecule has 1 fully saturated rings. The third-order valence-corrected chi connectivity index (χ3v) is 4.05. The average Bonchev–Trinajstić information content (AvgIpc) is 2.88. The largest absolute Gasteiger partial charge is 0.351 e. The molecule has 1 saturated heterocycles. The molecule has 1 aliphatic heterocycles. The smallest absolute Gasteiger partial charge is 0.267 e. The average molecular weight is 316 g/mol. The number of amides is 1. The van der Waals surface area contributed by atoms with Crippen LogP contribution in [0.5, 0.6) is 0 Å². The second-order valence-electron chi connectivity index (χ2n) is 5.76. The van der Waals surface area contributed by atoms with Gasteiger partial charge in [-0.3, -0.25) is 14.7 Å². The van der Waals surface area contributed by atoms with E-state index >= 15 is 0 Å². The highest BCUT2D eigenvalue weighted by Gasteiger charge is 2.23. The van der Waals surface area contributed by atoms with Gasteiger partial charge in [-0.25, -0.2) is 9.97 Å². The Morgan fingerprint density at radius 2 is 2.17 bits per heavy atom. The monoisotopic (exact) mass is 316 g/mol. The highest BCUT2D eigenvalue weighted by atomic mass is 16.2. The van der Waals surface area contributed by atoms with E-state index in [1.54, 1.807) is 25.4 Å². The summed E-state index contributed by atoms with van der Waals surface area (Å²) in [7, 11) is 0. The number of piperidine rings is 1. The van der Waals surface area contributed by atoms with Crippen LogP contribution in [0.2, 0.25) is 0 Å². The summed E-state index contributed by atoms with van der Waals surface area (Å²) in [6.45, 7) is 3.33. The third kappa shape index (κ3) is 3.58. The summed E-state index contributed by atoms with van der Waals surface area (Å²) < 4.78 is 0. The van der Waals surface area contributed by atoms with Crippen LogP contribution in [0.3, 0.4) is 0 Å². The van der Waals surface area contributed by atoms with Crippen molar-refractivity contribution in [3.8, 4) is 0 Å². The van der Waals surface area contributed by atoms with Crippen LogP contribution in [-0.4, -0.2) is 45.2 Å². The standard InChI is InChI=1S/C15H20N6O2/c1-10-12(14(23)20-19-10)8-13(22)18-11-4-2-7-21(9-11)15-16-5-3-6-17-15/h3,5-6,11H,2,4,7-9H2,1H3,(H,18,22)(H2,19,20,23). The molecule has 122 valence electrons. The molecule has 0 radical (unpaired) electrons. The Bertz CT molecular complexity index is 723. The zero-order valence-corrected chi connectivity index (χ0v) is 13.0. The zero-order chi connectivity index (χ0) is 16.2. The molecule has 1 unspecified atom stereocenters. The van der Waals surface area contributed by atoms with Crippen molar-refractivity contribution in [2.75, 3.05) is 18.0 Å². The van der Waals surface area contributed by atoms with E-state index in [1.807, 2.05) is 0 Å². The number of rotatable bonds is 4. The van der Waals surface area contributed by atoms with Crippen molar-refractivity contribution in [2.45, 2.75) is 32.2 Å². The second-order valence-corrected chi connectivity index (χ2v) is 5.76. The van der Waals surface area contributed by atoms with Gasteiger partial charge >= 0.3 is 0 Å². The molecule has 0 aliphatic carbocycles. The number of aromatic amines is 2. The number of carbonyl (C=O) groups is 1. The Kier molecular flexibility index (Phi) is 4.40. The molecule has 3 rings (SSSR count). The lowest BCUT2D eigenvalue weighted by Crippen LogP contribution is -2.48. The van der Waals surface area contributed by atoms with Gasteiger partial charge in [0, 0.05) is 42.8 Å². The minimum absolute atomic E-state index is 0.0402. The van der Waals surface area contributed by atoms with E-state index in [2.05, 4.69) is 30.4 Å². The van der Waals surface area contributed by atoms with Crippen molar-refractivity contribution in [1.29, 1.82) is 0 Å². The summed E-state index contributed by atoms with van der Waals surface area (Å²) in [5.74, 6) is 0.545. The van der Waals surface area contributed by atoms with Gasteiger partial charge in [-0.05, 0) is 25.8 Å². The lowest BCUT2D eigenvalue weighted by molar-refractivity contribution is -0.121. The van der Waals surface area contributed by atoms with Crippen LogP contribution in [0, 0.1) is 6.92 Å². The number of nitrogens with one attached hydrogen (secondary N) is 3. The van der Waals surface area contributed by atoms with Gasteiger partial charge in [-0.15, -0.1) is 0 Å². The molecule has 8 heteroatoms. The first-order valence-corrected chi connectivity index (χ1v) is 7.71. The minimum Gasteiger partial charge on any atom is -0.351 e. The maximum atomic E-state index is 12.2. The van der Waals surface area contributed by atoms with Crippen LogP contribution >= 0.6 is 0 Å². The Hall–Kier alpha value is -2.64. The molecule has 3 heterocycles. The minimum atomic E-state index is -0.236. The molecule has 3 N–H and O–H groups in total. The predicted molar refractivity (Wildman–Crippen MR) is 85.3 cm³/mol. The number of hydrogen-bond acceptors (Lipinski definition) is 5. The van der Waals surface area contributed by atoms with Crippen molar-refractivity contribution in [2.24, 2.45) is 0 Å². The van der Waals surface area contributed by atoms with Crippen LogP contribution in [0.4, 0.5) is 5.95 Å². The molecule has 2 aromatic heterocycles. The first-order valence-electron chi connectivity index (χ1n) is 7.71. The number of carbonyl (C=O) groups excluding carboxylic acids is 1. The molecule has 0 spiro atoms. The first-order chi connectivity index (χ1) is 11.1. The van der Waals surface area contributed by atoms with Crippen molar-refractivity contribution in [3.05, 3.63) is 40.1 Å². The Balaban J connectivity index is 1.59. The quantitative estimate of drug-likeness (QED) is 0.743. The van der Waals surface area contributed by atoms with Crippen LogP contribution in [0.25, 0.3) is 0 Å². The van der Waals surface area contributed by atoms with E-state index in [0.29, 0.717) is 23.8 Å². The van der Waals surface area contributed by atoms with E-state index in [9.17, 15) is 9.59 Å². The topological polar surface area (TPSA) is 107 Å².